The normalized spacial score (nSPS) is 11.6. The number of carbonyl (C=O) groups excluding carboxylic acids is 1. The number of hydrogen-bond donors (Lipinski definition) is 0. The third-order valence-electron chi connectivity index (χ3n) is 4.56. The highest BCUT2D eigenvalue weighted by Gasteiger charge is 2.35. The summed E-state index contributed by atoms with van der Waals surface area (Å²) in [5.74, 6) is 1.29. The van der Waals surface area contributed by atoms with Crippen molar-refractivity contribution in [3.8, 4) is 0 Å². The van der Waals surface area contributed by atoms with Gasteiger partial charge in [0.15, 0.2) is 0 Å². The van der Waals surface area contributed by atoms with Gasteiger partial charge in [0, 0.05) is 32.3 Å². The molecule has 0 saturated carbocycles. The van der Waals surface area contributed by atoms with Crippen LogP contribution in [0.5, 0.6) is 0 Å². The van der Waals surface area contributed by atoms with Crippen molar-refractivity contribution in [2.75, 3.05) is 0 Å². The fourth-order valence-corrected chi connectivity index (χ4v) is 3.07. The molecule has 2 rings (SSSR count). The molecule has 0 aliphatic heterocycles. The van der Waals surface area contributed by atoms with Crippen molar-refractivity contribution < 1.29 is 4.79 Å². The lowest BCUT2D eigenvalue weighted by molar-refractivity contribution is -0.125. The monoisotopic (exact) mass is 284 g/mol. The third-order valence-corrected chi connectivity index (χ3v) is 4.56. The van der Waals surface area contributed by atoms with E-state index in [2.05, 4.69) is 31.0 Å². The summed E-state index contributed by atoms with van der Waals surface area (Å²) < 4.78 is 1.98. The SMILES string of the molecule is CCC(CC)(C(=O)CCc1nccn1C)c1ccccc1. The van der Waals surface area contributed by atoms with Gasteiger partial charge in [-0.3, -0.25) is 4.79 Å². The Kier molecular flexibility index (Phi) is 4.94. The molecule has 21 heavy (non-hydrogen) atoms. The Morgan fingerprint density at radius 1 is 1.19 bits per heavy atom. The molecule has 0 amide bonds. The Morgan fingerprint density at radius 2 is 1.86 bits per heavy atom. The number of aryl methyl sites for hydroxylation is 2. The Balaban J connectivity index is 2.18. The molecule has 0 unspecified atom stereocenters. The highest BCUT2D eigenvalue weighted by molar-refractivity contribution is 5.90. The Morgan fingerprint density at radius 3 is 2.38 bits per heavy atom. The van der Waals surface area contributed by atoms with Crippen LogP contribution in [0.25, 0.3) is 0 Å². The molecule has 0 radical (unpaired) electrons. The molecule has 0 N–H and O–H groups in total. The molecule has 0 aliphatic rings. The summed E-state index contributed by atoms with van der Waals surface area (Å²) in [5, 5.41) is 0. The van der Waals surface area contributed by atoms with Gasteiger partial charge in [0.2, 0.25) is 0 Å². The lowest BCUT2D eigenvalue weighted by Gasteiger charge is -2.31. The zero-order valence-electron chi connectivity index (χ0n) is 13.2. The van der Waals surface area contributed by atoms with E-state index in [1.807, 2.05) is 36.0 Å². The van der Waals surface area contributed by atoms with Gasteiger partial charge >= 0.3 is 0 Å². The second kappa shape index (κ2) is 6.70. The van der Waals surface area contributed by atoms with E-state index in [4.69, 9.17) is 0 Å². The van der Waals surface area contributed by atoms with Crippen molar-refractivity contribution in [2.24, 2.45) is 7.05 Å². The Bertz CT molecular complexity index is 582. The number of Topliss-reactive ketones (excluding diaryl/α,β-unsaturated/α-hetero) is 1. The van der Waals surface area contributed by atoms with Crippen LogP contribution in [0, 0.1) is 0 Å². The second-order valence-electron chi connectivity index (χ2n) is 5.53. The molecule has 1 heterocycles. The van der Waals surface area contributed by atoms with Crippen LogP contribution in [0.1, 0.15) is 44.5 Å². The number of benzene rings is 1. The first kappa shape index (κ1) is 15.5. The van der Waals surface area contributed by atoms with Gasteiger partial charge in [0.25, 0.3) is 0 Å². The molecule has 3 heteroatoms. The maximum Gasteiger partial charge on any atom is 0.143 e. The molecule has 1 aromatic carbocycles. The molecule has 0 saturated heterocycles. The van der Waals surface area contributed by atoms with Crippen molar-refractivity contribution in [3.05, 3.63) is 54.1 Å². The molecular weight excluding hydrogens is 260 g/mol. The molecule has 112 valence electrons. The van der Waals surface area contributed by atoms with Crippen LogP contribution in [-0.4, -0.2) is 15.3 Å². The first-order valence-electron chi connectivity index (χ1n) is 7.69. The lowest BCUT2D eigenvalue weighted by Crippen LogP contribution is -2.35. The summed E-state index contributed by atoms with van der Waals surface area (Å²) >= 11 is 0. The number of ketones is 1. The molecule has 0 fully saturated rings. The van der Waals surface area contributed by atoms with Gasteiger partial charge in [-0.15, -0.1) is 0 Å². The van der Waals surface area contributed by atoms with E-state index in [0.29, 0.717) is 18.6 Å². The lowest BCUT2D eigenvalue weighted by atomic mass is 9.71. The van der Waals surface area contributed by atoms with Gasteiger partial charge in [-0.05, 0) is 18.4 Å². The predicted octanol–water partition coefficient (Wildman–Crippen LogP) is 3.68. The van der Waals surface area contributed by atoms with Gasteiger partial charge in [0.05, 0.1) is 5.41 Å². The van der Waals surface area contributed by atoms with E-state index >= 15 is 0 Å². The van der Waals surface area contributed by atoms with Crippen LogP contribution in [0.3, 0.4) is 0 Å². The van der Waals surface area contributed by atoms with Crippen molar-refractivity contribution in [3.63, 3.8) is 0 Å². The standard InChI is InChI=1S/C18H24N2O/c1-4-18(5-2,15-9-7-6-8-10-15)16(21)11-12-17-19-13-14-20(17)3/h6-10,13-14H,4-5,11-12H2,1-3H3. The van der Waals surface area contributed by atoms with E-state index in [-0.39, 0.29) is 5.41 Å². The minimum atomic E-state index is -0.355. The minimum Gasteiger partial charge on any atom is -0.338 e. The molecule has 0 aliphatic carbocycles. The average molecular weight is 284 g/mol. The number of imidazole rings is 1. The maximum atomic E-state index is 12.9. The molecule has 0 bridgehead atoms. The first-order chi connectivity index (χ1) is 10.1. The molecule has 3 nitrogen and oxygen atoms in total. The van der Waals surface area contributed by atoms with Crippen LogP contribution >= 0.6 is 0 Å². The fraction of sp³-hybridized carbons (Fsp3) is 0.444. The summed E-state index contributed by atoms with van der Waals surface area (Å²) in [7, 11) is 1.97. The van der Waals surface area contributed by atoms with E-state index in [0.717, 1.165) is 24.2 Å². The summed E-state index contributed by atoms with van der Waals surface area (Å²) in [6.07, 6.45) is 6.63. The molecule has 1 aromatic heterocycles. The fourth-order valence-electron chi connectivity index (χ4n) is 3.07. The van der Waals surface area contributed by atoms with E-state index in [1.54, 1.807) is 6.20 Å². The van der Waals surface area contributed by atoms with Crippen molar-refractivity contribution in [1.29, 1.82) is 0 Å². The van der Waals surface area contributed by atoms with Crippen molar-refractivity contribution in [2.45, 2.75) is 44.9 Å². The smallest absolute Gasteiger partial charge is 0.143 e. The largest absolute Gasteiger partial charge is 0.338 e. The number of rotatable bonds is 7. The van der Waals surface area contributed by atoms with Crippen LogP contribution in [0.2, 0.25) is 0 Å². The summed E-state index contributed by atoms with van der Waals surface area (Å²) in [5.41, 5.74) is 0.784. The van der Waals surface area contributed by atoms with Crippen LogP contribution < -0.4 is 0 Å². The zero-order chi connectivity index (χ0) is 15.3. The highest BCUT2D eigenvalue weighted by Crippen LogP contribution is 2.34. The molecule has 0 atom stereocenters. The quantitative estimate of drug-likeness (QED) is 0.777. The molecule has 0 spiro atoms. The van der Waals surface area contributed by atoms with Gasteiger partial charge in [0.1, 0.15) is 11.6 Å². The van der Waals surface area contributed by atoms with Crippen LogP contribution in [0.15, 0.2) is 42.7 Å². The van der Waals surface area contributed by atoms with E-state index in [9.17, 15) is 4.79 Å². The number of carbonyl (C=O) groups is 1. The Hall–Kier alpha value is -1.90. The molecular formula is C18H24N2O. The summed E-state index contributed by atoms with van der Waals surface area (Å²) in [4.78, 5) is 17.2. The first-order valence-corrected chi connectivity index (χ1v) is 7.69. The maximum absolute atomic E-state index is 12.9. The van der Waals surface area contributed by atoms with Gasteiger partial charge in [-0.1, -0.05) is 44.2 Å². The van der Waals surface area contributed by atoms with E-state index < -0.39 is 0 Å². The van der Waals surface area contributed by atoms with Crippen LogP contribution in [0.4, 0.5) is 0 Å². The summed E-state index contributed by atoms with van der Waals surface area (Å²) in [6.45, 7) is 4.21. The molecule has 2 aromatic rings. The summed E-state index contributed by atoms with van der Waals surface area (Å²) in [6, 6.07) is 10.2. The van der Waals surface area contributed by atoms with Gasteiger partial charge in [-0.25, -0.2) is 4.98 Å². The highest BCUT2D eigenvalue weighted by atomic mass is 16.1. The number of aromatic nitrogens is 2. The van der Waals surface area contributed by atoms with Gasteiger partial charge < -0.3 is 4.57 Å². The minimum absolute atomic E-state index is 0.321. The number of hydrogen-bond acceptors (Lipinski definition) is 2. The van der Waals surface area contributed by atoms with Crippen LogP contribution in [-0.2, 0) is 23.7 Å². The topological polar surface area (TPSA) is 34.9 Å². The zero-order valence-corrected chi connectivity index (χ0v) is 13.2. The average Bonchev–Trinajstić information content (AvgIpc) is 2.93. The number of nitrogens with zero attached hydrogens (tertiary/aromatic N) is 2. The van der Waals surface area contributed by atoms with Crippen molar-refractivity contribution in [1.82, 2.24) is 9.55 Å². The van der Waals surface area contributed by atoms with Gasteiger partial charge in [-0.2, -0.15) is 0 Å². The van der Waals surface area contributed by atoms with Crippen molar-refractivity contribution >= 4 is 5.78 Å². The third kappa shape index (κ3) is 3.07. The second-order valence-corrected chi connectivity index (χ2v) is 5.53. The predicted molar refractivity (Wildman–Crippen MR) is 85.2 cm³/mol. The Labute approximate surface area is 127 Å². The van der Waals surface area contributed by atoms with E-state index in [1.165, 1.54) is 0 Å².